The number of carbonyl (C=O) groups is 1. The number of halogens is 1. The Morgan fingerprint density at radius 3 is 2.47 bits per heavy atom. The van der Waals surface area contributed by atoms with Gasteiger partial charge >= 0.3 is 0 Å². The monoisotopic (exact) mass is 928 g/mol. The molecule has 2 heterocycles. The molecule has 1 saturated carbocycles. The molecular weight excluding hydrogens is 872 g/mol. The summed E-state index contributed by atoms with van der Waals surface area (Å²) in [4.78, 5) is 34.6. The van der Waals surface area contributed by atoms with E-state index in [1.807, 2.05) is 6.07 Å². The van der Waals surface area contributed by atoms with Crippen molar-refractivity contribution < 1.29 is 48.1 Å². The van der Waals surface area contributed by atoms with Crippen LogP contribution in [0.4, 0.5) is 10.1 Å². The first-order chi connectivity index (χ1) is 33.2. The molecule has 4 aromatic rings. The lowest BCUT2D eigenvalue weighted by Crippen LogP contribution is -2.70. The Labute approximate surface area is 395 Å². The first-order valence-electron chi connectivity index (χ1n) is 23.5. The number of nitriles is 1. The third-order valence-electron chi connectivity index (χ3n) is 13.5. The number of allylic oxidation sites excluding steroid dienone is 1. The third-order valence-corrected chi connectivity index (χ3v) is 13.5. The number of unbranched alkanes of at least 4 members (excludes halogenated alkanes) is 2. The number of aliphatic hydroxyl groups is 2. The van der Waals surface area contributed by atoms with Crippen LogP contribution in [0.15, 0.2) is 120 Å². The van der Waals surface area contributed by atoms with E-state index in [0.29, 0.717) is 72.6 Å². The van der Waals surface area contributed by atoms with Gasteiger partial charge in [0.05, 0.1) is 47.5 Å². The topological polar surface area (TPSA) is 186 Å². The van der Waals surface area contributed by atoms with Crippen LogP contribution in [0, 0.1) is 45.0 Å². The second-order valence-electron chi connectivity index (χ2n) is 17.8. The summed E-state index contributed by atoms with van der Waals surface area (Å²) < 4.78 is 41.4. The molecule has 68 heavy (non-hydrogen) atoms. The molecule has 2 aliphatic heterocycles. The molecule has 1 unspecified atom stereocenters. The number of nitrogens with zero attached hydrogens (tertiary/aromatic N) is 4. The van der Waals surface area contributed by atoms with E-state index < -0.39 is 46.6 Å². The second-order valence-corrected chi connectivity index (χ2v) is 17.8. The Morgan fingerprint density at radius 2 is 1.76 bits per heavy atom. The Balaban J connectivity index is 1.36. The standard InChI is InChI=1S/C53H57FN4O10/c1-2-27-65-53-48(57(34-36-17-21-39(54)22-18-36)52(61)37-19-15-35(33-55)16-20-37)32-46(56-68-49-14-5-8-28-64-49)44-29-38(10-3-6-25-59)43(13-4-7-26-60)50(51(44)53)45-31-42(23-24-47(45)67-53)66-41-12-9-11-40(30-41)58(62)63/h2,9,11-12,15-24,29-31,38,43,48-51,59-60H,1,3-8,10,13-14,25-28,32,34H2/t38-,43+,48-,49?,50+,51+,53+/m0/s1. The van der Waals surface area contributed by atoms with Crippen molar-refractivity contribution in [1.82, 2.24) is 4.90 Å². The fourth-order valence-electron chi connectivity index (χ4n) is 10.4. The van der Waals surface area contributed by atoms with E-state index in [9.17, 15) is 30.0 Å². The SMILES string of the molecule is C=CCO[C@@]12Oc3ccc(Oc4cccc([N+](=O)[O-])c4)cc3[C@H]3[C@H](CCCCO)[C@@H](CCCCO)C=C(C(=NOC4CCCCO4)C[C@@H]1N(Cc1ccc(F)cc1)C(=O)c1ccc(C#N)cc1)[C@H]32. The van der Waals surface area contributed by atoms with Crippen molar-refractivity contribution in [2.45, 2.75) is 94.8 Å². The molecule has 0 spiro atoms. The molecular formula is C53H57FN4O10. The van der Waals surface area contributed by atoms with Crippen LogP contribution in [0.2, 0.25) is 0 Å². The molecule has 2 N–H and O–H groups in total. The van der Waals surface area contributed by atoms with Crippen LogP contribution in [-0.4, -0.2) is 76.2 Å². The molecule has 2 fully saturated rings. The average Bonchev–Trinajstić information content (AvgIpc) is 3.36. The Morgan fingerprint density at radius 1 is 1.00 bits per heavy atom. The first kappa shape index (κ1) is 48.0. The largest absolute Gasteiger partial charge is 0.459 e. The fraction of sp³-hybridized carbons (Fsp3) is 0.415. The van der Waals surface area contributed by atoms with Gasteiger partial charge in [0, 0.05) is 55.7 Å². The Hall–Kier alpha value is -6.44. The molecule has 4 aromatic carbocycles. The summed E-state index contributed by atoms with van der Waals surface area (Å²) in [5.41, 5.74) is 3.40. The number of non-ortho nitro benzene ring substituents is 1. The van der Waals surface area contributed by atoms with Crippen molar-refractivity contribution in [3.05, 3.63) is 153 Å². The van der Waals surface area contributed by atoms with Crippen molar-refractivity contribution in [3.8, 4) is 23.3 Å². The van der Waals surface area contributed by atoms with Gasteiger partial charge in [0.15, 0.2) is 0 Å². The number of hydrogen-bond donors (Lipinski definition) is 2. The zero-order valence-corrected chi connectivity index (χ0v) is 37.9. The predicted molar refractivity (Wildman–Crippen MR) is 250 cm³/mol. The van der Waals surface area contributed by atoms with Crippen molar-refractivity contribution >= 4 is 17.3 Å². The van der Waals surface area contributed by atoms with Crippen LogP contribution < -0.4 is 9.47 Å². The number of carbonyl (C=O) groups excluding carboxylic acids is 1. The number of oxime groups is 1. The van der Waals surface area contributed by atoms with Crippen LogP contribution in [0.5, 0.6) is 17.2 Å². The highest BCUT2D eigenvalue weighted by Gasteiger charge is 2.65. The lowest BCUT2D eigenvalue weighted by Gasteiger charge is -2.60. The highest BCUT2D eigenvalue weighted by Crippen LogP contribution is 2.62. The molecule has 0 radical (unpaired) electrons. The summed E-state index contributed by atoms with van der Waals surface area (Å²) in [5, 5.41) is 46.3. The molecule has 356 valence electrons. The van der Waals surface area contributed by atoms with E-state index in [-0.39, 0.29) is 56.1 Å². The van der Waals surface area contributed by atoms with Crippen LogP contribution >= 0.6 is 0 Å². The van der Waals surface area contributed by atoms with E-state index >= 15 is 4.79 Å². The van der Waals surface area contributed by atoms with Crippen molar-refractivity contribution in [2.75, 3.05) is 26.4 Å². The highest BCUT2D eigenvalue weighted by atomic mass is 19.1. The van der Waals surface area contributed by atoms with Gasteiger partial charge in [-0.05, 0) is 122 Å². The van der Waals surface area contributed by atoms with Gasteiger partial charge < -0.3 is 38.9 Å². The number of hydrogen-bond acceptors (Lipinski definition) is 12. The zero-order chi connectivity index (χ0) is 47.6. The fourth-order valence-corrected chi connectivity index (χ4v) is 10.4. The minimum absolute atomic E-state index is 0.00914. The first-order valence-corrected chi connectivity index (χ1v) is 23.5. The maximum absolute atomic E-state index is 15.4. The molecule has 0 aromatic heterocycles. The van der Waals surface area contributed by atoms with Crippen molar-refractivity contribution in [2.24, 2.45) is 22.9 Å². The molecule has 0 bridgehead atoms. The van der Waals surface area contributed by atoms with Gasteiger partial charge in [-0.2, -0.15) is 5.26 Å². The summed E-state index contributed by atoms with van der Waals surface area (Å²) in [7, 11) is 0. The summed E-state index contributed by atoms with van der Waals surface area (Å²) in [6.45, 7) is 4.65. The number of rotatable bonds is 20. The van der Waals surface area contributed by atoms with Gasteiger partial charge in [0.1, 0.15) is 29.1 Å². The van der Waals surface area contributed by atoms with Crippen LogP contribution in [0.1, 0.15) is 97.2 Å². The number of ether oxygens (including phenoxy) is 4. The lowest BCUT2D eigenvalue weighted by molar-refractivity contribution is -0.384. The number of nitro groups is 1. The van der Waals surface area contributed by atoms with Crippen LogP contribution in [0.25, 0.3) is 0 Å². The van der Waals surface area contributed by atoms with E-state index in [4.69, 9.17) is 28.9 Å². The van der Waals surface area contributed by atoms with E-state index in [0.717, 1.165) is 36.8 Å². The van der Waals surface area contributed by atoms with Gasteiger partial charge in [-0.25, -0.2) is 4.39 Å². The quantitative estimate of drug-likeness (QED) is 0.0372. The molecule has 4 aliphatic rings. The maximum Gasteiger partial charge on any atom is 0.273 e. The molecule has 1 amide bonds. The third kappa shape index (κ3) is 10.5. The molecule has 2 aliphatic carbocycles. The van der Waals surface area contributed by atoms with Crippen molar-refractivity contribution in [3.63, 3.8) is 0 Å². The Kier molecular flexibility index (Phi) is 15.6. The van der Waals surface area contributed by atoms with Crippen molar-refractivity contribution in [1.29, 1.82) is 5.26 Å². The van der Waals surface area contributed by atoms with Crippen LogP contribution in [-0.2, 0) is 20.9 Å². The normalized spacial score (nSPS) is 24.3. The highest BCUT2D eigenvalue weighted by molar-refractivity contribution is 6.03. The molecule has 8 rings (SSSR count). The zero-order valence-electron chi connectivity index (χ0n) is 37.9. The number of aliphatic hydroxyl groups excluding tert-OH is 2. The summed E-state index contributed by atoms with van der Waals surface area (Å²) in [6, 6.07) is 25.0. The maximum atomic E-state index is 15.4. The predicted octanol–water partition coefficient (Wildman–Crippen LogP) is 9.90. The summed E-state index contributed by atoms with van der Waals surface area (Å²) in [6.07, 6.45) is 9.89. The van der Waals surface area contributed by atoms with Gasteiger partial charge in [-0.15, -0.1) is 6.58 Å². The Bertz CT molecular complexity index is 2520. The minimum Gasteiger partial charge on any atom is -0.459 e. The molecule has 15 heteroatoms. The molecule has 14 nitrogen and oxygen atoms in total. The number of fused-ring (bicyclic) bond motifs is 2. The minimum atomic E-state index is -1.62. The second kappa shape index (κ2) is 22.1. The van der Waals surface area contributed by atoms with E-state index in [1.54, 1.807) is 71.6 Å². The van der Waals surface area contributed by atoms with Gasteiger partial charge in [0.2, 0.25) is 12.1 Å². The van der Waals surface area contributed by atoms with Gasteiger partial charge in [-0.1, -0.05) is 48.3 Å². The smallest absolute Gasteiger partial charge is 0.273 e. The number of nitro benzene ring substituents is 1. The number of amides is 1. The number of benzene rings is 4. The van der Waals surface area contributed by atoms with Crippen LogP contribution in [0.3, 0.4) is 0 Å². The molecule has 1 saturated heterocycles. The van der Waals surface area contributed by atoms with E-state index in [2.05, 4.69) is 18.7 Å². The summed E-state index contributed by atoms with van der Waals surface area (Å²) in [5.74, 6) is -2.47. The molecule has 7 atom stereocenters. The summed E-state index contributed by atoms with van der Waals surface area (Å²) >= 11 is 0. The van der Waals surface area contributed by atoms with E-state index in [1.165, 1.54) is 24.3 Å². The lowest BCUT2D eigenvalue weighted by atomic mass is 9.55. The average molecular weight is 929 g/mol. The van der Waals surface area contributed by atoms with Gasteiger partial charge in [-0.3, -0.25) is 14.9 Å². The van der Waals surface area contributed by atoms with Gasteiger partial charge in [0.25, 0.3) is 11.6 Å².